The van der Waals surface area contributed by atoms with E-state index in [1.54, 1.807) is 54.9 Å². The third-order valence-corrected chi connectivity index (χ3v) is 6.71. The van der Waals surface area contributed by atoms with E-state index in [0.717, 1.165) is 5.56 Å². The molecular formula is C29H26Cl2FN2O5+. The van der Waals surface area contributed by atoms with Gasteiger partial charge in [0.1, 0.15) is 27.7 Å². The highest BCUT2D eigenvalue weighted by atomic mass is 35.5. The Morgan fingerprint density at radius 1 is 0.974 bits per heavy atom. The number of benzene rings is 3. The summed E-state index contributed by atoms with van der Waals surface area (Å²) < 4.78 is 30.6. The van der Waals surface area contributed by atoms with Gasteiger partial charge in [0.05, 0.1) is 25.5 Å². The molecular weight excluding hydrogens is 546 g/mol. The number of hydrogen-bond donors (Lipinski definition) is 2. The van der Waals surface area contributed by atoms with E-state index in [-0.39, 0.29) is 24.4 Å². The summed E-state index contributed by atoms with van der Waals surface area (Å²) in [6, 6.07) is 15.7. The van der Waals surface area contributed by atoms with E-state index < -0.39 is 17.9 Å². The van der Waals surface area contributed by atoms with Crippen molar-refractivity contribution in [1.82, 2.24) is 0 Å². The van der Waals surface area contributed by atoms with Crippen LogP contribution in [0.1, 0.15) is 33.2 Å². The molecule has 7 nitrogen and oxygen atoms in total. The highest BCUT2D eigenvalue weighted by Gasteiger charge is 2.24. The van der Waals surface area contributed by atoms with E-state index >= 15 is 0 Å². The first-order valence-corrected chi connectivity index (χ1v) is 12.6. The smallest absolute Gasteiger partial charge is 0.338 e. The number of ether oxygens (including phenoxy) is 3. The molecule has 39 heavy (non-hydrogen) atoms. The van der Waals surface area contributed by atoms with Crippen molar-refractivity contribution < 1.29 is 33.5 Å². The van der Waals surface area contributed by atoms with Crippen LogP contribution in [0.3, 0.4) is 0 Å². The number of halogens is 3. The lowest BCUT2D eigenvalue weighted by atomic mass is 10.0. The van der Waals surface area contributed by atoms with Crippen LogP contribution in [0.25, 0.3) is 0 Å². The number of hydrogen-bond acceptors (Lipinski definition) is 6. The van der Waals surface area contributed by atoms with E-state index in [9.17, 15) is 14.3 Å². The van der Waals surface area contributed by atoms with Gasteiger partial charge >= 0.3 is 5.97 Å². The van der Waals surface area contributed by atoms with Gasteiger partial charge in [-0.1, -0.05) is 41.4 Å². The van der Waals surface area contributed by atoms with E-state index in [1.165, 1.54) is 32.4 Å². The van der Waals surface area contributed by atoms with Crippen LogP contribution in [0.5, 0.6) is 17.2 Å². The lowest BCUT2D eigenvalue weighted by molar-refractivity contribution is -0.377. The van der Waals surface area contributed by atoms with Gasteiger partial charge in [-0.3, -0.25) is 0 Å². The maximum atomic E-state index is 13.9. The van der Waals surface area contributed by atoms with Crippen molar-refractivity contribution in [3.8, 4) is 17.2 Å². The molecule has 0 unspecified atom stereocenters. The second kappa shape index (κ2) is 12.7. The molecule has 4 aromatic rings. The zero-order valence-electron chi connectivity index (χ0n) is 21.1. The summed E-state index contributed by atoms with van der Waals surface area (Å²) in [7, 11) is 3.06. The van der Waals surface area contributed by atoms with Crippen molar-refractivity contribution in [3.63, 3.8) is 0 Å². The van der Waals surface area contributed by atoms with Gasteiger partial charge in [-0.2, -0.15) is 0 Å². The van der Waals surface area contributed by atoms with Gasteiger partial charge < -0.3 is 24.6 Å². The zero-order valence-corrected chi connectivity index (χ0v) is 22.6. The molecule has 0 spiro atoms. The molecule has 0 bridgehead atoms. The van der Waals surface area contributed by atoms with Crippen molar-refractivity contribution >= 4 is 34.9 Å². The van der Waals surface area contributed by atoms with Crippen molar-refractivity contribution in [3.05, 3.63) is 111 Å². The van der Waals surface area contributed by atoms with Gasteiger partial charge in [-0.05, 0) is 47.5 Å². The number of methoxy groups -OCH3 is 2. The average molecular weight is 572 g/mol. The monoisotopic (exact) mass is 571 g/mol. The summed E-state index contributed by atoms with van der Waals surface area (Å²) in [6.07, 6.45) is 2.67. The molecule has 0 aliphatic rings. The lowest BCUT2D eigenvalue weighted by Crippen LogP contribution is -2.16. The number of nitrogens with one attached hydrogen (secondary N) is 2. The number of phenols is 1. The van der Waals surface area contributed by atoms with Crippen molar-refractivity contribution in [2.24, 2.45) is 0 Å². The maximum absolute atomic E-state index is 13.9. The first-order valence-electron chi connectivity index (χ1n) is 11.9. The van der Waals surface area contributed by atoms with Gasteiger partial charge in [0.25, 0.3) is 0 Å². The quantitative estimate of drug-likeness (QED) is 0.213. The molecule has 1 heterocycles. The Hall–Kier alpha value is -4.01. The Morgan fingerprint density at radius 2 is 1.67 bits per heavy atom. The lowest BCUT2D eigenvalue weighted by Gasteiger charge is -2.20. The largest absolute Gasteiger partial charge is 0.508 e. The van der Waals surface area contributed by atoms with Crippen LogP contribution in [0.2, 0.25) is 10.0 Å². The fourth-order valence-corrected chi connectivity index (χ4v) is 4.47. The molecule has 3 N–H and O–H groups in total. The number of pyridine rings is 1. The number of anilines is 1. The molecule has 0 saturated heterocycles. The number of carbonyl (C=O) groups excluding carboxylic acids is 1. The Morgan fingerprint density at radius 3 is 2.33 bits per heavy atom. The van der Waals surface area contributed by atoms with E-state index in [4.69, 9.17) is 37.4 Å². The summed E-state index contributed by atoms with van der Waals surface area (Å²) in [4.78, 5) is 16.1. The molecule has 0 fully saturated rings. The summed E-state index contributed by atoms with van der Waals surface area (Å²) in [5.74, 6) is -0.0628. The van der Waals surface area contributed by atoms with Crippen LogP contribution >= 0.6 is 23.2 Å². The third-order valence-electron chi connectivity index (χ3n) is 6.04. The highest BCUT2D eigenvalue weighted by molar-refractivity contribution is 6.35. The second-order valence-corrected chi connectivity index (χ2v) is 9.37. The fourth-order valence-electron chi connectivity index (χ4n) is 3.94. The number of carbonyl (C=O) groups is 1. The Labute approximate surface area is 235 Å². The van der Waals surface area contributed by atoms with E-state index in [0.29, 0.717) is 38.2 Å². The molecule has 0 aliphatic heterocycles. The predicted molar refractivity (Wildman–Crippen MR) is 146 cm³/mol. The van der Waals surface area contributed by atoms with Crippen molar-refractivity contribution in [2.45, 2.75) is 19.1 Å². The number of aromatic amines is 1. The van der Waals surface area contributed by atoms with Gasteiger partial charge in [-0.25, -0.2) is 14.2 Å². The topological polar surface area (TPSA) is 91.2 Å². The standard InChI is InChI=1S/C29H25Cl2FN2O5/c1-37-26-10-7-19(11-28(26)38-2)27(13-21-22(30)15-33-16-23(21)31)39-29(36)18-5-3-17(4-6-18)14-34-25-12-20(35)8-9-24(25)32/h3-12,15-16,27,34-35H,13-14H2,1-2H3/p+1/t27-/m0/s1. The Bertz CT molecular complexity index is 1450. The predicted octanol–water partition coefficient (Wildman–Crippen LogP) is 6.42. The van der Waals surface area contributed by atoms with Crippen LogP contribution < -0.4 is 19.8 Å². The summed E-state index contributed by atoms with van der Waals surface area (Å²) >= 11 is 12.8. The number of phenolic OH excluding ortho intramolecular Hbond substituents is 1. The highest BCUT2D eigenvalue weighted by Crippen LogP contribution is 2.35. The Balaban J connectivity index is 1.54. The van der Waals surface area contributed by atoms with E-state index in [1.807, 2.05) is 0 Å². The molecule has 3 aromatic carbocycles. The van der Waals surface area contributed by atoms with Gasteiger partial charge in [-0.15, -0.1) is 0 Å². The molecule has 1 aromatic heterocycles. The molecule has 0 saturated carbocycles. The van der Waals surface area contributed by atoms with Crippen LogP contribution in [0, 0.1) is 5.82 Å². The van der Waals surface area contributed by atoms with Crippen LogP contribution in [-0.2, 0) is 17.7 Å². The summed E-state index contributed by atoms with van der Waals surface area (Å²) in [5, 5.41) is 13.3. The number of rotatable bonds is 10. The second-order valence-electron chi connectivity index (χ2n) is 8.56. The summed E-state index contributed by atoms with van der Waals surface area (Å²) in [6.45, 7) is 0.284. The molecule has 4 rings (SSSR count). The molecule has 0 aliphatic carbocycles. The molecule has 202 valence electrons. The minimum Gasteiger partial charge on any atom is -0.508 e. The van der Waals surface area contributed by atoms with Crippen LogP contribution in [0.4, 0.5) is 10.1 Å². The number of H-pyrrole nitrogens is 1. The number of aromatic nitrogens is 1. The molecule has 10 heteroatoms. The van der Waals surface area contributed by atoms with Crippen molar-refractivity contribution in [1.29, 1.82) is 0 Å². The first-order chi connectivity index (χ1) is 18.8. The Kier molecular flexibility index (Phi) is 9.11. The minimum absolute atomic E-state index is 0.0442. The third kappa shape index (κ3) is 6.90. The van der Waals surface area contributed by atoms with Crippen LogP contribution in [0.15, 0.2) is 73.1 Å². The average Bonchev–Trinajstić information content (AvgIpc) is 2.94. The van der Waals surface area contributed by atoms with Crippen LogP contribution in [-0.4, -0.2) is 25.3 Å². The zero-order chi connectivity index (χ0) is 27.9. The summed E-state index contributed by atoms with van der Waals surface area (Å²) in [5.41, 5.74) is 2.57. The molecule has 0 radical (unpaired) electrons. The van der Waals surface area contributed by atoms with Crippen molar-refractivity contribution in [2.75, 3.05) is 19.5 Å². The molecule has 0 amide bonds. The number of esters is 1. The van der Waals surface area contributed by atoms with Gasteiger partial charge in [0.15, 0.2) is 23.9 Å². The maximum Gasteiger partial charge on any atom is 0.338 e. The minimum atomic E-state index is -0.746. The van der Waals surface area contributed by atoms with Gasteiger partial charge in [0.2, 0.25) is 0 Å². The van der Waals surface area contributed by atoms with Gasteiger partial charge in [0, 0.05) is 24.6 Å². The normalized spacial score (nSPS) is 11.5. The SMILES string of the molecule is COc1ccc([C@H](Cc2c(Cl)c[nH+]cc2Cl)OC(=O)c2ccc(CNc3cc(O)ccc3F)cc2)cc1OC. The first kappa shape index (κ1) is 28.0. The number of aromatic hydroxyl groups is 1. The van der Waals surface area contributed by atoms with E-state index in [2.05, 4.69) is 10.3 Å². The molecule has 1 atom stereocenters. The fraction of sp³-hybridized carbons (Fsp3) is 0.172.